The number of nitrogens with one attached hydrogen (secondary N) is 2. The van der Waals surface area contributed by atoms with E-state index in [-0.39, 0.29) is 18.4 Å². The van der Waals surface area contributed by atoms with E-state index in [9.17, 15) is 9.59 Å². The summed E-state index contributed by atoms with van der Waals surface area (Å²) in [6, 6.07) is 7.03. The van der Waals surface area contributed by atoms with Crippen LogP contribution in [0.25, 0.3) is 0 Å². The number of methoxy groups -OCH3 is 1. The van der Waals surface area contributed by atoms with Crippen molar-refractivity contribution in [2.75, 3.05) is 13.7 Å². The largest absolute Gasteiger partial charge is 0.493 e. The van der Waals surface area contributed by atoms with Gasteiger partial charge < -0.3 is 9.47 Å². The van der Waals surface area contributed by atoms with E-state index in [2.05, 4.69) is 10.9 Å². The number of amides is 2. The van der Waals surface area contributed by atoms with Crippen LogP contribution < -0.4 is 20.3 Å². The second-order valence-electron chi connectivity index (χ2n) is 4.25. The summed E-state index contributed by atoms with van der Waals surface area (Å²) < 4.78 is 10.4. The van der Waals surface area contributed by atoms with Crippen molar-refractivity contribution in [3.8, 4) is 11.5 Å². The van der Waals surface area contributed by atoms with Crippen LogP contribution in [0.3, 0.4) is 0 Å². The minimum Gasteiger partial charge on any atom is -0.493 e. The molecule has 2 N–H and O–H groups in total. The maximum absolute atomic E-state index is 11.5. The van der Waals surface area contributed by atoms with Crippen LogP contribution in [-0.4, -0.2) is 25.5 Å². The Morgan fingerprint density at radius 2 is 1.89 bits per heavy atom. The molecule has 0 bridgehead atoms. The van der Waals surface area contributed by atoms with E-state index >= 15 is 0 Å². The van der Waals surface area contributed by atoms with Crippen LogP contribution in [0.2, 0.25) is 0 Å². The highest BCUT2D eigenvalue weighted by Crippen LogP contribution is 2.28. The molecule has 0 atom stereocenters. The molecular weight excluding hydrogens is 248 g/mol. The van der Waals surface area contributed by atoms with Gasteiger partial charge in [0.25, 0.3) is 5.91 Å². The summed E-state index contributed by atoms with van der Waals surface area (Å²) in [7, 11) is 1.53. The molecule has 6 heteroatoms. The number of carbonyl (C=O) groups is 2. The van der Waals surface area contributed by atoms with Crippen molar-refractivity contribution in [3.63, 3.8) is 0 Å². The molecule has 0 saturated heterocycles. The van der Waals surface area contributed by atoms with Crippen LogP contribution in [0.1, 0.15) is 12.8 Å². The third kappa shape index (κ3) is 3.87. The van der Waals surface area contributed by atoms with Crippen molar-refractivity contribution < 1.29 is 19.1 Å². The Morgan fingerprint density at radius 1 is 1.21 bits per heavy atom. The fourth-order valence-corrected chi connectivity index (χ4v) is 1.50. The van der Waals surface area contributed by atoms with Gasteiger partial charge in [-0.3, -0.25) is 20.4 Å². The predicted octanol–water partition coefficient (Wildman–Crippen LogP) is 0.631. The average Bonchev–Trinajstić information content (AvgIpc) is 3.27. The van der Waals surface area contributed by atoms with Gasteiger partial charge in [-0.1, -0.05) is 12.1 Å². The molecule has 2 amide bonds. The zero-order chi connectivity index (χ0) is 13.7. The van der Waals surface area contributed by atoms with Crippen LogP contribution in [0.5, 0.6) is 11.5 Å². The van der Waals surface area contributed by atoms with E-state index in [1.54, 1.807) is 18.2 Å². The average molecular weight is 264 g/mol. The fraction of sp³-hybridized carbons (Fsp3) is 0.385. The lowest BCUT2D eigenvalue weighted by Gasteiger charge is -2.10. The van der Waals surface area contributed by atoms with Gasteiger partial charge in [0.2, 0.25) is 5.91 Å². The highest BCUT2D eigenvalue weighted by molar-refractivity contribution is 5.85. The van der Waals surface area contributed by atoms with Gasteiger partial charge in [-0.05, 0) is 25.0 Å². The van der Waals surface area contributed by atoms with Gasteiger partial charge >= 0.3 is 0 Å². The number of hydrogen-bond donors (Lipinski definition) is 2. The standard InChI is InChI=1S/C13H16N2O4/c1-18-10-4-2-3-5-11(10)19-8-12(16)14-15-13(17)9-6-7-9/h2-5,9H,6-8H2,1H3,(H,14,16)(H,15,17). The van der Waals surface area contributed by atoms with E-state index in [0.29, 0.717) is 11.5 Å². The summed E-state index contributed by atoms with van der Waals surface area (Å²) in [5, 5.41) is 0. The van der Waals surface area contributed by atoms with E-state index in [1.165, 1.54) is 7.11 Å². The molecule has 0 unspecified atom stereocenters. The molecule has 1 aromatic rings. The third-order valence-electron chi connectivity index (χ3n) is 2.70. The molecular formula is C13H16N2O4. The lowest BCUT2D eigenvalue weighted by molar-refractivity contribution is -0.130. The van der Waals surface area contributed by atoms with Crippen molar-refractivity contribution in [3.05, 3.63) is 24.3 Å². The van der Waals surface area contributed by atoms with E-state index in [4.69, 9.17) is 9.47 Å². The third-order valence-corrected chi connectivity index (χ3v) is 2.70. The lowest BCUT2D eigenvalue weighted by atomic mass is 10.3. The van der Waals surface area contributed by atoms with Gasteiger partial charge in [0.1, 0.15) is 0 Å². The number of benzene rings is 1. The smallest absolute Gasteiger partial charge is 0.276 e. The predicted molar refractivity (Wildman–Crippen MR) is 67.5 cm³/mol. The number of carbonyl (C=O) groups excluding carboxylic acids is 2. The summed E-state index contributed by atoms with van der Waals surface area (Å²) in [5.41, 5.74) is 4.67. The van der Waals surface area contributed by atoms with Gasteiger partial charge in [0.05, 0.1) is 7.11 Å². The molecule has 0 heterocycles. The summed E-state index contributed by atoms with van der Waals surface area (Å²) in [5.74, 6) is 0.520. The molecule has 1 aliphatic rings. The molecule has 1 saturated carbocycles. The number of ether oxygens (including phenoxy) is 2. The first-order valence-corrected chi connectivity index (χ1v) is 6.05. The Balaban J connectivity index is 1.74. The van der Waals surface area contributed by atoms with Crippen LogP contribution >= 0.6 is 0 Å². The molecule has 19 heavy (non-hydrogen) atoms. The monoisotopic (exact) mass is 264 g/mol. The van der Waals surface area contributed by atoms with Crippen LogP contribution in [-0.2, 0) is 9.59 Å². The SMILES string of the molecule is COc1ccccc1OCC(=O)NNC(=O)C1CC1. The van der Waals surface area contributed by atoms with Gasteiger partial charge in [0.15, 0.2) is 18.1 Å². The molecule has 0 aliphatic heterocycles. The van der Waals surface area contributed by atoms with Crippen molar-refractivity contribution in [1.29, 1.82) is 0 Å². The lowest BCUT2D eigenvalue weighted by Crippen LogP contribution is -2.44. The van der Waals surface area contributed by atoms with Crippen molar-refractivity contribution in [1.82, 2.24) is 10.9 Å². The molecule has 2 rings (SSSR count). The van der Waals surface area contributed by atoms with Gasteiger partial charge in [-0.15, -0.1) is 0 Å². The van der Waals surface area contributed by atoms with Crippen molar-refractivity contribution in [2.24, 2.45) is 5.92 Å². The molecule has 1 aliphatic carbocycles. The highest BCUT2D eigenvalue weighted by atomic mass is 16.5. The fourth-order valence-electron chi connectivity index (χ4n) is 1.50. The Bertz CT molecular complexity index is 471. The van der Waals surface area contributed by atoms with E-state index < -0.39 is 5.91 Å². The van der Waals surface area contributed by atoms with Crippen LogP contribution in [0.15, 0.2) is 24.3 Å². The van der Waals surface area contributed by atoms with Crippen molar-refractivity contribution in [2.45, 2.75) is 12.8 Å². The highest BCUT2D eigenvalue weighted by Gasteiger charge is 2.29. The topological polar surface area (TPSA) is 76.7 Å². The summed E-state index contributed by atoms with van der Waals surface area (Å²) in [6.07, 6.45) is 1.78. The zero-order valence-corrected chi connectivity index (χ0v) is 10.6. The molecule has 0 spiro atoms. The quantitative estimate of drug-likeness (QED) is 0.765. The zero-order valence-electron chi connectivity index (χ0n) is 10.6. The van der Waals surface area contributed by atoms with Crippen molar-refractivity contribution >= 4 is 11.8 Å². The number of rotatable bonds is 5. The molecule has 1 aromatic carbocycles. The van der Waals surface area contributed by atoms with E-state index in [0.717, 1.165) is 12.8 Å². The molecule has 0 aromatic heterocycles. The Kier molecular flexibility index (Phi) is 4.22. The van der Waals surface area contributed by atoms with E-state index in [1.807, 2.05) is 6.07 Å². The summed E-state index contributed by atoms with van der Waals surface area (Å²) in [6.45, 7) is -0.189. The van der Waals surface area contributed by atoms with Gasteiger partial charge in [-0.2, -0.15) is 0 Å². The molecule has 102 valence electrons. The first kappa shape index (κ1) is 13.2. The number of para-hydroxylation sites is 2. The molecule has 0 radical (unpaired) electrons. The first-order valence-electron chi connectivity index (χ1n) is 6.05. The summed E-state index contributed by atoms with van der Waals surface area (Å²) in [4.78, 5) is 22.8. The summed E-state index contributed by atoms with van der Waals surface area (Å²) >= 11 is 0. The Hall–Kier alpha value is -2.24. The minimum absolute atomic E-state index is 0.0513. The van der Waals surface area contributed by atoms with Crippen LogP contribution in [0, 0.1) is 5.92 Å². The number of hydrazine groups is 1. The second kappa shape index (κ2) is 6.08. The maximum atomic E-state index is 11.5. The number of hydrogen-bond acceptors (Lipinski definition) is 4. The normalized spacial score (nSPS) is 13.5. The second-order valence-corrected chi connectivity index (χ2v) is 4.25. The van der Waals surface area contributed by atoms with Gasteiger partial charge in [0, 0.05) is 5.92 Å². The molecule has 1 fully saturated rings. The maximum Gasteiger partial charge on any atom is 0.276 e. The molecule has 6 nitrogen and oxygen atoms in total. The Morgan fingerprint density at radius 3 is 2.53 bits per heavy atom. The first-order chi connectivity index (χ1) is 9.20. The van der Waals surface area contributed by atoms with Gasteiger partial charge in [-0.25, -0.2) is 0 Å². The Labute approximate surface area is 111 Å². The van der Waals surface area contributed by atoms with Crippen LogP contribution in [0.4, 0.5) is 0 Å². The minimum atomic E-state index is -0.417.